The molecule has 0 spiro atoms. The fourth-order valence-electron chi connectivity index (χ4n) is 3.99. The lowest BCUT2D eigenvalue weighted by atomic mass is 9.70. The van der Waals surface area contributed by atoms with Crippen molar-refractivity contribution < 1.29 is 0 Å². The lowest BCUT2D eigenvalue weighted by Crippen LogP contribution is -2.25. The van der Waals surface area contributed by atoms with E-state index in [9.17, 15) is 0 Å². The molecule has 17 heavy (non-hydrogen) atoms. The maximum Gasteiger partial charge on any atom is 0.0146 e. The summed E-state index contributed by atoms with van der Waals surface area (Å²) >= 11 is 3.78. The quantitative estimate of drug-likeness (QED) is 0.564. The Morgan fingerprint density at radius 1 is 0.824 bits per heavy atom. The fourth-order valence-corrected chi connectivity index (χ4v) is 4.52. The van der Waals surface area contributed by atoms with Crippen LogP contribution in [0.2, 0.25) is 0 Å². The minimum Gasteiger partial charge on any atom is -0.0891 e. The molecule has 1 heteroatoms. The second-order valence-corrected chi connectivity index (χ2v) is 7.73. The summed E-state index contributed by atoms with van der Waals surface area (Å²) < 4.78 is 0. The van der Waals surface area contributed by atoms with E-state index in [0.717, 1.165) is 22.6 Å². The summed E-state index contributed by atoms with van der Waals surface area (Å²) in [6, 6.07) is 0. The summed E-state index contributed by atoms with van der Waals surface area (Å²) in [5.74, 6) is 3.25. The van der Waals surface area contributed by atoms with Crippen molar-refractivity contribution in [2.45, 2.75) is 82.4 Å². The van der Waals surface area contributed by atoms with Crippen LogP contribution in [0.25, 0.3) is 0 Å². The number of hydrogen-bond acceptors (Lipinski definition) is 0. The van der Waals surface area contributed by atoms with Gasteiger partial charge < -0.3 is 0 Å². The van der Waals surface area contributed by atoms with Crippen LogP contribution in [0.5, 0.6) is 0 Å². The van der Waals surface area contributed by atoms with Crippen LogP contribution in [0.15, 0.2) is 0 Å². The smallest absolute Gasteiger partial charge is 0.0146 e. The summed E-state index contributed by atoms with van der Waals surface area (Å²) in [7, 11) is 0. The van der Waals surface area contributed by atoms with E-state index in [4.69, 9.17) is 0 Å². The molecule has 0 saturated heterocycles. The molecular weight excluding hydrogens is 272 g/mol. The van der Waals surface area contributed by atoms with Gasteiger partial charge in [0.25, 0.3) is 0 Å². The van der Waals surface area contributed by atoms with Gasteiger partial charge >= 0.3 is 0 Å². The van der Waals surface area contributed by atoms with E-state index >= 15 is 0 Å². The standard InChI is InChI=1S/C16H29Br/c1-2-3-4-13-5-7-14(8-6-13)15-9-11-16(17)12-10-15/h13-16H,2-12H2,1H3. The molecule has 0 aromatic heterocycles. The summed E-state index contributed by atoms with van der Waals surface area (Å²) in [6.45, 7) is 2.32. The largest absolute Gasteiger partial charge is 0.0891 e. The van der Waals surface area contributed by atoms with Crippen LogP contribution in [-0.2, 0) is 0 Å². The predicted molar refractivity (Wildman–Crippen MR) is 79.6 cm³/mol. The molecule has 2 rings (SSSR count). The molecule has 2 saturated carbocycles. The van der Waals surface area contributed by atoms with Gasteiger partial charge in [0, 0.05) is 4.83 Å². The first-order chi connectivity index (χ1) is 8.29. The van der Waals surface area contributed by atoms with E-state index < -0.39 is 0 Å². The van der Waals surface area contributed by atoms with Crippen LogP contribution in [-0.4, -0.2) is 4.83 Å². The first kappa shape index (κ1) is 13.9. The van der Waals surface area contributed by atoms with Gasteiger partial charge in [-0.1, -0.05) is 55.0 Å². The van der Waals surface area contributed by atoms with Crippen molar-refractivity contribution in [3.8, 4) is 0 Å². The van der Waals surface area contributed by atoms with E-state index in [1.54, 1.807) is 25.7 Å². The highest BCUT2D eigenvalue weighted by molar-refractivity contribution is 9.09. The summed E-state index contributed by atoms with van der Waals surface area (Å²) in [5.41, 5.74) is 0. The van der Waals surface area contributed by atoms with Gasteiger partial charge in [0.1, 0.15) is 0 Å². The second-order valence-electron chi connectivity index (χ2n) is 6.44. The summed E-state index contributed by atoms with van der Waals surface area (Å²) in [4.78, 5) is 0.833. The number of halogens is 1. The molecule has 0 aromatic rings. The maximum absolute atomic E-state index is 3.78. The van der Waals surface area contributed by atoms with Crippen LogP contribution >= 0.6 is 15.9 Å². The number of unbranched alkanes of at least 4 members (excludes halogenated alkanes) is 1. The molecule has 0 unspecified atom stereocenters. The van der Waals surface area contributed by atoms with Crippen molar-refractivity contribution >= 4 is 15.9 Å². The highest BCUT2D eigenvalue weighted by Gasteiger charge is 2.29. The lowest BCUT2D eigenvalue weighted by molar-refractivity contribution is 0.164. The van der Waals surface area contributed by atoms with E-state index in [1.807, 2.05) is 0 Å². The molecule has 0 aliphatic heterocycles. The van der Waals surface area contributed by atoms with Gasteiger partial charge in [-0.2, -0.15) is 0 Å². The molecule has 0 heterocycles. The topological polar surface area (TPSA) is 0 Å². The molecule has 0 nitrogen and oxygen atoms in total. The van der Waals surface area contributed by atoms with Crippen molar-refractivity contribution in [1.29, 1.82) is 0 Å². The third-order valence-electron chi connectivity index (χ3n) is 5.23. The summed E-state index contributed by atoms with van der Waals surface area (Å²) in [6.07, 6.45) is 16.4. The van der Waals surface area contributed by atoms with Gasteiger partial charge in [-0.25, -0.2) is 0 Å². The Labute approximate surface area is 116 Å². The highest BCUT2D eigenvalue weighted by atomic mass is 79.9. The molecule has 2 fully saturated rings. The first-order valence-corrected chi connectivity index (χ1v) is 8.85. The van der Waals surface area contributed by atoms with Crippen molar-refractivity contribution in [2.75, 3.05) is 0 Å². The van der Waals surface area contributed by atoms with Gasteiger partial charge in [-0.15, -0.1) is 0 Å². The van der Waals surface area contributed by atoms with Gasteiger partial charge in [0.05, 0.1) is 0 Å². The molecule has 0 bridgehead atoms. The SMILES string of the molecule is CCCCC1CCC(C2CCC(Br)CC2)CC1. The molecule has 0 amide bonds. The molecule has 0 atom stereocenters. The Morgan fingerprint density at radius 2 is 1.35 bits per heavy atom. The van der Waals surface area contributed by atoms with Crippen LogP contribution in [0.1, 0.15) is 77.6 Å². The molecule has 0 N–H and O–H groups in total. The minimum atomic E-state index is 0.833. The van der Waals surface area contributed by atoms with Crippen molar-refractivity contribution in [2.24, 2.45) is 17.8 Å². The zero-order valence-corrected chi connectivity index (χ0v) is 13.1. The van der Waals surface area contributed by atoms with Crippen molar-refractivity contribution in [1.82, 2.24) is 0 Å². The Hall–Kier alpha value is 0.480. The van der Waals surface area contributed by atoms with E-state index in [2.05, 4.69) is 22.9 Å². The van der Waals surface area contributed by atoms with Gasteiger partial charge in [-0.05, 0) is 56.3 Å². The first-order valence-electron chi connectivity index (χ1n) is 7.93. The zero-order valence-electron chi connectivity index (χ0n) is 11.5. The molecule has 2 aliphatic carbocycles. The molecule has 0 aromatic carbocycles. The van der Waals surface area contributed by atoms with Crippen LogP contribution in [0, 0.1) is 17.8 Å². The highest BCUT2D eigenvalue weighted by Crippen LogP contribution is 2.42. The van der Waals surface area contributed by atoms with E-state index in [0.29, 0.717) is 0 Å². The second kappa shape index (κ2) is 7.16. The van der Waals surface area contributed by atoms with Crippen LogP contribution in [0.3, 0.4) is 0 Å². The summed E-state index contributed by atoms with van der Waals surface area (Å²) in [5, 5.41) is 0. The third kappa shape index (κ3) is 4.26. The average molecular weight is 301 g/mol. The monoisotopic (exact) mass is 300 g/mol. The molecule has 100 valence electrons. The Balaban J connectivity index is 1.68. The van der Waals surface area contributed by atoms with Gasteiger partial charge in [-0.3, -0.25) is 0 Å². The van der Waals surface area contributed by atoms with Gasteiger partial charge in [0.2, 0.25) is 0 Å². The number of rotatable bonds is 4. The Bertz CT molecular complexity index is 198. The maximum atomic E-state index is 3.78. The Morgan fingerprint density at radius 3 is 1.88 bits per heavy atom. The average Bonchev–Trinajstić information content (AvgIpc) is 2.38. The van der Waals surface area contributed by atoms with E-state index in [1.165, 1.54) is 44.9 Å². The lowest BCUT2D eigenvalue weighted by Gasteiger charge is -2.37. The number of hydrogen-bond donors (Lipinski definition) is 0. The third-order valence-corrected chi connectivity index (χ3v) is 6.14. The van der Waals surface area contributed by atoms with Crippen molar-refractivity contribution in [3.05, 3.63) is 0 Å². The number of alkyl halides is 1. The predicted octanol–water partition coefficient (Wildman–Crippen LogP) is 5.94. The Kier molecular flexibility index (Phi) is 5.86. The normalized spacial score (nSPS) is 39.2. The van der Waals surface area contributed by atoms with Crippen molar-refractivity contribution in [3.63, 3.8) is 0 Å². The minimum absolute atomic E-state index is 0.833. The molecular formula is C16H29Br. The van der Waals surface area contributed by atoms with Crippen LogP contribution in [0.4, 0.5) is 0 Å². The van der Waals surface area contributed by atoms with Crippen LogP contribution < -0.4 is 0 Å². The molecule has 0 radical (unpaired) electrons. The van der Waals surface area contributed by atoms with Gasteiger partial charge in [0.15, 0.2) is 0 Å². The zero-order chi connectivity index (χ0) is 12.1. The fraction of sp³-hybridized carbons (Fsp3) is 1.00. The van der Waals surface area contributed by atoms with E-state index in [-0.39, 0.29) is 0 Å². The molecule has 2 aliphatic rings.